The van der Waals surface area contributed by atoms with Gasteiger partial charge in [0.2, 0.25) is 5.60 Å². The van der Waals surface area contributed by atoms with Crippen LogP contribution in [0.15, 0.2) is 175 Å². The van der Waals surface area contributed by atoms with Crippen LogP contribution in [-0.2, 0) is 109 Å². The predicted octanol–water partition coefficient (Wildman–Crippen LogP) is 18.2. The van der Waals surface area contributed by atoms with E-state index >= 15 is 0 Å². The first kappa shape index (κ1) is 98.7. The topological polar surface area (TPSA) is 356 Å². The molecule has 23 nitrogen and oxygen atoms in total. The number of carbonyl (C=O) groups is 7. The molecule has 0 radical (unpaired) electrons. The van der Waals surface area contributed by atoms with Crippen molar-refractivity contribution in [3.63, 3.8) is 0 Å². The molecule has 0 N–H and O–H groups in total. The van der Waals surface area contributed by atoms with Crippen LogP contribution in [0.5, 0.6) is 11.5 Å². The number of halogens is 5. The van der Waals surface area contributed by atoms with Gasteiger partial charge >= 0.3 is 52.3 Å². The van der Waals surface area contributed by atoms with Crippen LogP contribution in [0, 0.1) is 126 Å². The van der Waals surface area contributed by atoms with Gasteiger partial charge in [0.25, 0.3) is 0 Å². The molecule has 24 rings (SSSR count). The molecule has 3 aliphatic heterocycles. The summed E-state index contributed by atoms with van der Waals surface area (Å²) in [5.74, 6) is 1.67. The van der Waals surface area contributed by atoms with Crippen molar-refractivity contribution >= 4 is 93.9 Å². The molecule has 724 valence electrons. The maximum Gasteiger partial charge on any atom is 0.428 e. The molecule has 6 aromatic rings. The van der Waals surface area contributed by atoms with E-state index in [1.54, 1.807) is 20.8 Å². The minimum atomic E-state index is -6.16. The van der Waals surface area contributed by atoms with Gasteiger partial charge in [-0.25, -0.2) is 39.2 Å². The van der Waals surface area contributed by atoms with Gasteiger partial charge in [0, 0.05) is 42.0 Å². The second-order valence-corrected chi connectivity index (χ2v) is 50.0. The van der Waals surface area contributed by atoms with Crippen molar-refractivity contribution in [1.29, 1.82) is 0 Å². The van der Waals surface area contributed by atoms with Gasteiger partial charge in [-0.2, -0.15) is 17.6 Å². The summed E-state index contributed by atoms with van der Waals surface area (Å²) in [6.07, 6.45) is 16.4. The minimum absolute atomic E-state index is 0.0377. The lowest BCUT2D eigenvalue weighted by molar-refractivity contribution is -0.185. The number of hydrogen-bond acceptors (Lipinski definition) is 23. The average Bonchev–Trinajstić information content (AvgIpc) is 1.52. The van der Waals surface area contributed by atoms with E-state index < -0.39 is 136 Å². The van der Waals surface area contributed by atoms with Gasteiger partial charge < -0.3 is 46.8 Å². The van der Waals surface area contributed by atoms with Gasteiger partial charge in [-0.15, -0.1) is 0 Å². The first-order chi connectivity index (χ1) is 63.1. The molecule has 134 heavy (non-hydrogen) atoms. The van der Waals surface area contributed by atoms with Gasteiger partial charge in [-0.05, 0) is 319 Å². The van der Waals surface area contributed by atoms with Crippen LogP contribution >= 0.6 is 0 Å². The number of carbonyl (C=O) groups excluding carboxylic acids is 7. The van der Waals surface area contributed by atoms with Crippen LogP contribution in [0.25, 0.3) is 0 Å². The van der Waals surface area contributed by atoms with Crippen LogP contribution in [0.4, 0.5) is 22.0 Å². The van der Waals surface area contributed by atoms with Crippen molar-refractivity contribution in [3.8, 4) is 11.5 Å². The highest BCUT2D eigenvalue weighted by Crippen LogP contribution is 2.67. The molecule has 15 aliphatic carbocycles. The average molecular weight is 1950 g/mol. The van der Waals surface area contributed by atoms with Crippen LogP contribution in [-0.4, -0.2) is 134 Å². The molecule has 33 heteroatoms. The fourth-order valence-corrected chi connectivity index (χ4v) is 31.9. The summed E-state index contributed by atoms with van der Waals surface area (Å²) in [6, 6.07) is 51.8. The molecule has 8 unspecified atom stereocenters. The summed E-state index contributed by atoms with van der Waals surface area (Å²) in [7, 11) is -17.1. The second kappa shape index (κ2) is 37.8. The number of hydrogen-bond donors (Lipinski definition) is 0. The highest BCUT2D eigenvalue weighted by molar-refractivity contribution is 7.97. The number of aryl methyl sites for hydroxylation is 4. The first-order valence-electron chi connectivity index (χ1n) is 46.7. The van der Waals surface area contributed by atoms with Crippen molar-refractivity contribution in [1.82, 2.24) is 0 Å². The van der Waals surface area contributed by atoms with Crippen molar-refractivity contribution in [2.75, 3.05) is 19.0 Å². The summed E-state index contributed by atoms with van der Waals surface area (Å²) in [4.78, 5) is 94.7. The number of fused-ring (bicyclic) bond motifs is 3. The van der Waals surface area contributed by atoms with Gasteiger partial charge in [-0.3, -0.25) is 24.0 Å². The molecular weight excluding hydrogens is 1840 g/mol. The summed E-state index contributed by atoms with van der Waals surface area (Å²) in [5, 5.41) is -10.2. The highest BCUT2D eigenvalue weighted by atomic mass is 32.2. The van der Waals surface area contributed by atoms with Gasteiger partial charge in [0.1, 0.15) is 30.3 Å². The zero-order chi connectivity index (χ0) is 96.0. The number of rotatable bonds is 23. The standard InChI is InChI=1S/2C31H33O2S.C15H21F3O5S.C12H14F2O7S.C12H18O7S/c2*1-21-13-28(34(26-9-5-3-6-10-26)27-11-7-4-8-12-27)14-22(2)29(21)33-30(32)31-18-23-15-24(19-31)17-25(16-23)20-31;16-12(15(17,18)24(20,21)22)1-2-23-13(19)14-6-9-3-10(7-14)5-11(4-9)8-14;13-12(14,22(17,18)19)11(16)21-9-6-1-5-2-7(4-6)10(15)20-8(9)3-5;1-10(2)11(3)4-5-12(10,19-8(11)13)9(14)18-6-7-20(15,16)17/h2*3-14,23-25H,15-20H2,1-2H3;9-12H,1-8H2,(H,20,21,22);5-9H,1-4H2,(H,17,18,19);4-7H2,1-3H3,(H,15,16,17)/q2*+1;;;/p-3. The lowest BCUT2D eigenvalue weighted by Crippen LogP contribution is -2.51. The third-order valence-electron chi connectivity index (χ3n) is 32.0. The second-order valence-electron chi connectivity index (χ2n) is 41.6. The Morgan fingerprint density at radius 2 is 0.813 bits per heavy atom. The van der Waals surface area contributed by atoms with E-state index in [4.69, 9.17) is 28.4 Å². The Kier molecular flexibility index (Phi) is 27.8. The van der Waals surface area contributed by atoms with Crippen LogP contribution < -0.4 is 9.47 Å². The third-order valence-corrected chi connectivity index (χ3v) is 38.7. The Labute approximate surface area is 785 Å². The normalized spacial score (nSPS) is 31.7. The van der Waals surface area contributed by atoms with E-state index in [9.17, 15) is 94.4 Å². The summed E-state index contributed by atoms with van der Waals surface area (Å²) in [6.45, 7) is 12.5. The van der Waals surface area contributed by atoms with E-state index in [1.807, 2.05) is 0 Å². The molecule has 0 aromatic heterocycles. The smallest absolute Gasteiger partial charge is 0.428 e. The Hall–Kier alpha value is -8.31. The Morgan fingerprint density at radius 1 is 0.455 bits per heavy atom. The third kappa shape index (κ3) is 19.7. The Morgan fingerprint density at radius 3 is 1.14 bits per heavy atom. The highest BCUT2D eigenvalue weighted by Gasteiger charge is 2.77. The lowest BCUT2D eigenvalue weighted by atomic mass is 9.49. The SMILES string of the molecule is CC12CCC(C(=O)OCCS(=O)(=O)[O-])(OC1=O)C2(C)C.Cc1cc([S+](c2ccccc2)c2ccccc2)cc(C)c1OC(=O)C12CC3CC(CC(C3)C1)C2.Cc1cc([S+](c2ccccc2)c2ccccc2)cc(C)c1OC(=O)C12CC3CC(CC(C3)C1)C2.O=C(OCCC(F)C(F)(F)S(=O)(=O)[O-])C12CC3CC(CC(C3)C1)C2.O=C1OC2CC3CC1CC(C3)C2OC(=O)C(F)(F)S(=O)(=O)[O-]. The van der Waals surface area contributed by atoms with Crippen LogP contribution in [0.2, 0.25) is 0 Å². The molecule has 18 bridgehead atoms. The molecule has 8 atom stereocenters. The van der Waals surface area contributed by atoms with E-state index in [-0.39, 0.29) is 62.3 Å². The summed E-state index contributed by atoms with van der Waals surface area (Å²) >= 11 is 0. The van der Waals surface area contributed by atoms with Crippen molar-refractivity contribution in [2.45, 2.75) is 273 Å². The Balaban J connectivity index is 0.000000124. The maximum absolute atomic E-state index is 13.6. The summed E-state index contributed by atoms with van der Waals surface area (Å²) in [5.41, 5.74) is 0.278. The zero-order valence-electron chi connectivity index (χ0n) is 76.1. The summed E-state index contributed by atoms with van der Waals surface area (Å²) < 4.78 is 197. The van der Waals surface area contributed by atoms with E-state index in [2.05, 4.69) is 178 Å². The molecule has 18 aliphatic rings. The maximum atomic E-state index is 13.6. The fourth-order valence-electron chi connectivity index (χ4n) is 26.4. The molecule has 0 amide bonds. The van der Waals surface area contributed by atoms with Gasteiger partial charge in [0.15, 0.2) is 55.8 Å². The molecule has 18 fully saturated rings. The zero-order valence-corrected chi connectivity index (χ0v) is 80.2. The predicted molar refractivity (Wildman–Crippen MR) is 479 cm³/mol. The molecular formula is C101H116F5O23S5-. The molecule has 3 saturated heterocycles. The quantitative estimate of drug-likeness (QED) is 0.0144. The van der Waals surface area contributed by atoms with E-state index in [0.29, 0.717) is 56.3 Å². The molecule has 15 saturated carbocycles. The lowest BCUT2D eigenvalue weighted by Gasteiger charge is -2.55. The molecule has 6 aromatic carbocycles. The Bertz CT molecular complexity index is 5390. The van der Waals surface area contributed by atoms with Gasteiger partial charge in [0.05, 0.1) is 71.8 Å². The van der Waals surface area contributed by atoms with E-state index in [0.717, 1.165) is 146 Å². The number of alkyl halides is 5. The van der Waals surface area contributed by atoms with E-state index in [1.165, 1.54) is 67.9 Å². The molecule has 0 spiro atoms. The fraction of sp³-hybridized carbons (Fsp3) is 0.574. The van der Waals surface area contributed by atoms with Crippen LogP contribution in [0.1, 0.15) is 204 Å². The molecule has 3 heterocycles. The van der Waals surface area contributed by atoms with Crippen molar-refractivity contribution in [2.24, 2.45) is 98.1 Å². The van der Waals surface area contributed by atoms with Crippen molar-refractivity contribution < 1.29 is 128 Å². The number of benzene rings is 6. The van der Waals surface area contributed by atoms with Gasteiger partial charge in [-0.1, -0.05) is 86.6 Å². The largest absolute Gasteiger partial charge is 0.748 e. The minimum Gasteiger partial charge on any atom is -0.748 e. The first-order valence-corrected chi connectivity index (χ1v) is 53.5. The number of esters is 7. The monoisotopic (exact) mass is 1950 g/mol. The number of ether oxygens (including phenoxy) is 7. The van der Waals surface area contributed by atoms with Crippen molar-refractivity contribution in [3.05, 3.63) is 168 Å². The van der Waals surface area contributed by atoms with Crippen LogP contribution in [0.3, 0.4) is 0 Å².